The maximum absolute atomic E-state index is 10.7. The van der Waals surface area contributed by atoms with Crippen molar-refractivity contribution < 1.29 is 44.8 Å². The summed E-state index contributed by atoms with van der Waals surface area (Å²) in [6.07, 6.45) is -11.6. The zero-order valence-corrected chi connectivity index (χ0v) is 15.6. The van der Waals surface area contributed by atoms with E-state index in [4.69, 9.17) is 14.2 Å². The molecule has 9 heteroatoms. The van der Waals surface area contributed by atoms with Crippen molar-refractivity contribution in [1.29, 1.82) is 0 Å². The third-order valence-electron chi connectivity index (χ3n) is 5.08. The van der Waals surface area contributed by atoms with E-state index in [1.807, 2.05) is 20.8 Å². The molecule has 0 amide bonds. The number of hydrogen-bond donors (Lipinski definition) is 6. The molecule has 0 bridgehead atoms. The lowest BCUT2D eigenvalue weighted by Crippen LogP contribution is -2.65. The van der Waals surface area contributed by atoms with E-state index < -0.39 is 73.2 Å². The van der Waals surface area contributed by atoms with E-state index in [2.05, 4.69) is 0 Å². The van der Waals surface area contributed by atoms with E-state index in [1.54, 1.807) is 6.92 Å². The quantitative estimate of drug-likeness (QED) is 0.329. The van der Waals surface area contributed by atoms with Gasteiger partial charge in [0, 0.05) is 0 Å². The zero-order valence-electron chi connectivity index (χ0n) is 15.6. The van der Waals surface area contributed by atoms with Crippen LogP contribution in [0.5, 0.6) is 0 Å². The van der Waals surface area contributed by atoms with E-state index >= 15 is 0 Å². The predicted octanol–water partition coefficient (Wildman–Crippen LogP) is -1.88. The second-order valence-electron chi connectivity index (χ2n) is 8.15. The van der Waals surface area contributed by atoms with Gasteiger partial charge < -0.3 is 44.8 Å². The Morgan fingerprint density at radius 2 is 1.42 bits per heavy atom. The lowest BCUT2D eigenvalue weighted by molar-refractivity contribution is -0.343. The van der Waals surface area contributed by atoms with Crippen molar-refractivity contribution in [2.24, 2.45) is 5.41 Å². The van der Waals surface area contributed by atoms with Crippen molar-refractivity contribution in [3.8, 4) is 0 Å². The van der Waals surface area contributed by atoms with Crippen molar-refractivity contribution in [1.82, 2.24) is 0 Å². The van der Waals surface area contributed by atoms with Crippen LogP contribution in [0.1, 0.15) is 34.1 Å². The monoisotopic (exact) mass is 380 g/mol. The van der Waals surface area contributed by atoms with Gasteiger partial charge in [0.1, 0.15) is 42.7 Å². The summed E-state index contributed by atoms with van der Waals surface area (Å²) in [7, 11) is 0. The van der Waals surface area contributed by atoms with E-state index in [0.29, 0.717) is 6.42 Å². The maximum Gasteiger partial charge on any atom is 0.187 e. The zero-order chi connectivity index (χ0) is 19.8. The van der Waals surface area contributed by atoms with Gasteiger partial charge in [0.15, 0.2) is 6.29 Å². The molecule has 0 spiro atoms. The van der Waals surface area contributed by atoms with Crippen LogP contribution in [0, 0.1) is 5.41 Å². The van der Waals surface area contributed by atoms with Gasteiger partial charge in [-0.3, -0.25) is 0 Å². The molecule has 0 radical (unpaired) electrons. The van der Waals surface area contributed by atoms with E-state index in [9.17, 15) is 30.6 Å². The Bertz CT molecular complexity index is 452. The first-order valence-electron chi connectivity index (χ1n) is 9.00. The van der Waals surface area contributed by atoms with Gasteiger partial charge in [0.05, 0.1) is 18.8 Å². The molecular formula is C17H32O9. The first-order valence-corrected chi connectivity index (χ1v) is 9.00. The van der Waals surface area contributed by atoms with Crippen LogP contribution in [-0.2, 0) is 14.2 Å². The highest BCUT2D eigenvalue weighted by molar-refractivity contribution is 4.98. The minimum absolute atomic E-state index is 0.369. The Hall–Kier alpha value is -0.360. The number of rotatable bonds is 4. The molecule has 0 aromatic carbocycles. The van der Waals surface area contributed by atoms with Gasteiger partial charge in [0.25, 0.3) is 0 Å². The topological polar surface area (TPSA) is 149 Å². The second-order valence-corrected chi connectivity index (χ2v) is 8.15. The molecule has 9 nitrogen and oxygen atoms in total. The Balaban J connectivity index is 2.21. The van der Waals surface area contributed by atoms with E-state index in [-0.39, 0.29) is 0 Å². The minimum atomic E-state index is -1.56. The molecule has 0 saturated carbocycles. The molecule has 2 aliphatic rings. The van der Waals surface area contributed by atoms with Gasteiger partial charge in [-0.1, -0.05) is 27.7 Å². The summed E-state index contributed by atoms with van der Waals surface area (Å²) in [5, 5.41) is 60.7. The van der Waals surface area contributed by atoms with Crippen LogP contribution >= 0.6 is 0 Å². The lowest BCUT2D eigenvalue weighted by atomic mass is 9.80. The molecule has 2 unspecified atom stereocenters. The second kappa shape index (κ2) is 8.34. The molecule has 0 aliphatic carbocycles. The number of aliphatic hydroxyl groups excluding tert-OH is 6. The molecule has 2 fully saturated rings. The van der Waals surface area contributed by atoms with Gasteiger partial charge in [-0.25, -0.2) is 0 Å². The molecule has 10 atom stereocenters. The number of ether oxygens (including phenoxy) is 3. The first-order chi connectivity index (χ1) is 12.0. The summed E-state index contributed by atoms with van der Waals surface area (Å²) in [6.45, 7) is 6.77. The van der Waals surface area contributed by atoms with Gasteiger partial charge in [-0.15, -0.1) is 0 Å². The largest absolute Gasteiger partial charge is 0.394 e. The highest BCUT2D eigenvalue weighted by atomic mass is 16.7. The Kier molecular flexibility index (Phi) is 7.03. The third kappa shape index (κ3) is 4.21. The Morgan fingerprint density at radius 3 is 1.92 bits per heavy atom. The molecular weight excluding hydrogens is 348 g/mol. The third-order valence-corrected chi connectivity index (χ3v) is 5.08. The highest BCUT2D eigenvalue weighted by Gasteiger charge is 2.52. The van der Waals surface area contributed by atoms with Crippen molar-refractivity contribution in [2.45, 2.75) is 95.3 Å². The van der Waals surface area contributed by atoms with Crippen molar-refractivity contribution in [2.75, 3.05) is 6.61 Å². The first kappa shape index (κ1) is 21.9. The van der Waals surface area contributed by atoms with Gasteiger partial charge in [0.2, 0.25) is 0 Å². The summed E-state index contributed by atoms with van der Waals surface area (Å²) >= 11 is 0. The van der Waals surface area contributed by atoms with Crippen molar-refractivity contribution in [3.05, 3.63) is 0 Å². The lowest BCUT2D eigenvalue weighted by Gasteiger charge is -2.49. The summed E-state index contributed by atoms with van der Waals surface area (Å²) < 4.78 is 16.8. The fourth-order valence-electron chi connectivity index (χ4n) is 3.48. The maximum atomic E-state index is 10.7. The molecule has 2 heterocycles. The molecule has 6 N–H and O–H groups in total. The fourth-order valence-corrected chi connectivity index (χ4v) is 3.48. The van der Waals surface area contributed by atoms with Gasteiger partial charge in [-0.05, 0) is 11.8 Å². The standard InChI is InChI=1S/C17H32O9/c1-5-7-9(19)11(21)12(22)16(25-7)26-14-10(20)8(6-18)24-15(13(14)23)17(2,3)4/h7-16,18-23H,5-6H2,1-4H3/t7-,8-,9+,10-,11+,12-,13-,14+,15?,16?/m1/s1. The summed E-state index contributed by atoms with van der Waals surface area (Å²) in [4.78, 5) is 0. The smallest absolute Gasteiger partial charge is 0.187 e. The Labute approximate surface area is 153 Å². The molecule has 2 aliphatic heterocycles. The summed E-state index contributed by atoms with van der Waals surface area (Å²) in [6, 6.07) is 0. The minimum Gasteiger partial charge on any atom is -0.394 e. The van der Waals surface area contributed by atoms with Crippen LogP contribution in [0.4, 0.5) is 0 Å². The van der Waals surface area contributed by atoms with Crippen LogP contribution in [0.25, 0.3) is 0 Å². The highest BCUT2D eigenvalue weighted by Crippen LogP contribution is 2.35. The molecule has 2 saturated heterocycles. The summed E-state index contributed by atoms with van der Waals surface area (Å²) in [5.41, 5.74) is -0.512. The van der Waals surface area contributed by atoms with Crippen LogP contribution in [0.15, 0.2) is 0 Å². The van der Waals surface area contributed by atoms with E-state index in [1.165, 1.54) is 0 Å². The van der Waals surface area contributed by atoms with Crippen LogP contribution in [-0.4, -0.2) is 98.5 Å². The normalized spacial score (nSPS) is 47.8. The molecule has 0 aromatic rings. The molecule has 154 valence electrons. The van der Waals surface area contributed by atoms with Gasteiger partial charge in [-0.2, -0.15) is 0 Å². The SMILES string of the molecule is CC[C@H]1OC(O[C@H]2[C@H](O)[C@@H](CO)OC(C(C)(C)C)[C@@H]2O)[C@H](O)[C@@H](O)[C@H]1O. The average molecular weight is 380 g/mol. The van der Waals surface area contributed by atoms with E-state index in [0.717, 1.165) is 0 Å². The average Bonchev–Trinajstić information content (AvgIpc) is 2.57. The van der Waals surface area contributed by atoms with Crippen molar-refractivity contribution in [3.63, 3.8) is 0 Å². The van der Waals surface area contributed by atoms with Crippen molar-refractivity contribution >= 4 is 0 Å². The number of aliphatic hydroxyl groups is 6. The fraction of sp³-hybridized carbons (Fsp3) is 1.00. The number of hydrogen-bond acceptors (Lipinski definition) is 9. The van der Waals surface area contributed by atoms with Gasteiger partial charge >= 0.3 is 0 Å². The Morgan fingerprint density at radius 1 is 0.808 bits per heavy atom. The summed E-state index contributed by atoms with van der Waals surface area (Å²) in [5.74, 6) is 0. The molecule has 0 aromatic heterocycles. The van der Waals surface area contributed by atoms with Crippen LogP contribution in [0.3, 0.4) is 0 Å². The van der Waals surface area contributed by atoms with Crippen LogP contribution < -0.4 is 0 Å². The molecule has 2 rings (SSSR count). The predicted molar refractivity (Wildman–Crippen MR) is 89.1 cm³/mol. The van der Waals surface area contributed by atoms with Crippen LogP contribution in [0.2, 0.25) is 0 Å². The molecule has 26 heavy (non-hydrogen) atoms.